The van der Waals surface area contributed by atoms with Gasteiger partial charge in [0.1, 0.15) is 0 Å². The molecule has 2 aliphatic rings. The van der Waals surface area contributed by atoms with Crippen molar-refractivity contribution in [1.82, 2.24) is 14.2 Å². The van der Waals surface area contributed by atoms with Crippen molar-refractivity contribution in [1.29, 1.82) is 0 Å². The van der Waals surface area contributed by atoms with E-state index in [2.05, 4.69) is 18.8 Å². The Labute approximate surface area is 150 Å². The largest absolute Gasteiger partial charge is 0.339 e. The second-order valence-electron chi connectivity index (χ2n) is 7.50. The van der Waals surface area contributed by atoms with Crippen molar-refractivity contribution in [3.05, 3.63) is 30.1 Å². The van der Waals surface area contributed by atoms with Gasteiger partial charge in [0.25, 0.3) is 5.91 Å². The maximum absolute atomic E-state index is 12.9. The Bertz CT molecular complexity index is 706. The van der Waals surface area contributed by atoms with Crippen molar-refractivity contribution in [2.45, 2.75) is 38.4 Å². The van der Waals surface area contributed by atoms with E-state index in [1.807, 2.05) is 0 Å². The molecule has 25 heavy (non-hydrogen) atoms. The van der Waals surface area contributed by atoms with Gasteiger partial charge >= 0.3 is 0 Å². The third-order valence-corrected chi connectivity index (χ3v) is 7.75. The highest BCUT2D eigenvalue weighted by atomic mass is 32.2. The zero-order valence-corrected chi connectivity index (χ0v) is 15.8. The van der Waals surface area contributed by atoms with Crippen molar-refractivity contribution in [2.75, 3.05) is 26.2 Å². The van der Waals surface area contributed by atoms with Crippen LogP contribution in [0, 0.1) is 11.8 Å². The molecule has 6 nitrogen and oxygen atoms in total. The molecule has 2 fully saturated rings. The summed E-state index contributed by atoms with van der Waals surface area (Å²) in [5, 5.41) is -0.341. The predicted molar refractivity (Wildman–Crippen MR) is 96.6 cm³/mol. The van der Waals surface area contributed by atoms with E-state index in [-0.39, 0.29) is 17.1 Å². The molecule has 1 amide bonds. The second-order valence-corrected chi connectivity index (χ2v) is 9.65. The summed E-state index contributed by atoms with van der Waals surface area (Å²) in [5.41, 5.74) is 0.566. The average Bonchev–Trinajstić information content (AvgIpc) is 2.74. The SMILES string of the molecule is CC(C)CCN1C[C@H]2CCN(C(=O)c3cccnc3)CC[C@H]2S1(=O)=O. The average molecular weight is 365 g/mol. The molecule has 0 radical (unpaired) electrons. The molecular formula is C18H27N3O3S. The second kappa shape index (κ2) is 7.41. The van der Waals surface area contributed by atoms with Gasteiger partial charge in [-0.1, -0.05) is 13.8 Å². The number of carbonyl (C=O) groups is 1. The Morgan fingerprint density at radius 2 is 2.08 bits per heavy atom. The molecule has 3 rings (SSSR count). The first-order valence-electron chi connectivity index (χ1n) is 9.08. The number of hydrogen-bond donors (Lipinski definition) is 0. The van der Waals surface area contributed by atoms with Crippen molar-refractivity contribution in [3.8, 4) is 0 Å². The molecule has 0 bridgehead atoms. The molecule has 0 spiro atoms. The quantitative estimate of drug-likeness (QED) is 0.818. The number of nitrogens with zero attached hydrogens (tertiary/aromatic N) is 3. The lowest BCUT2D eigenvalue weighted by molar-refractivity contribution is 0.0758. The molecule has 0 saturated carbocycles. The van der Waals surface area contributed by atoms with Gasteiger partial charge in [0.05, 0.1) is 10.8 Å². The van der Waals surface area contributed by atoms with Crippen LogP contribution in [0.3, 0.4) is 0 Å². The van der Waals surface area contributed by atoms with E-state index in [0.29, 0.717) is 44.1 Å². The number of pyridine rings is 1. The third kappa shape index (κ3) is 3.87. The Morgan fingerprint density at radius 1 is 1.32 bits per heavy atom. The van der Waals surface area contributed by atoms with Gasteiger partial charge in [-0.25, -0.2) is 12.7 Å². The molecule has 0 N–H and O–H groups in total. The van der Waals surface area contributed by atoms with Crippen LogP contribution in [0.4, 0.5) is 0 Å². The van der Waals surface area contributed by atoms with Crippen molar-refractivity contribution < 1.29 is 13.2 Å². The highest BCUT2D eigenvalue weighted by Gasteiger charge is 2.46. The summed E-state index contributed by atoms with van der Waals surface area (Å²) in [6, 6.07) is 3.50. The summed E-state index contributed by atoms with van der Waals surface area (Å²) in [7, 11) is -3.24. The number of sulfonamides is 1. The van der Waals surface area contributed by atoms with Crippen molar-refractivity contribution in [3.63, 3.8) is 0 Å². The molecule has 0 unspecified atom stereocenters. The van der Waals surface area contributed by atoms with Crippen molar-refractivity contribution >= 4 is 15.9 Å². The van der Waals surface area contributed by atoms with E-state index < -0.39 is 10.0 Å². The number of aromatic nitrogens is 1. The van der Waals surface area contributed by atoms with E-state index >= 15 is 0 Å². The van der Waals surface area contributed by atoms with Gasteiger partial charge < -0.3 is 4.90 Å². The lowest BCUT2D eigenvalue weighted by Crippen LogP contribution is -2.35. The molecule has 3 heterocycles. The minimum Gasteiger partial charge on any atom is -0.339 e. The van der Waals surface area contributed by atoms with Crippen LogP contribution in [0.15, 0.2) is 24.5 Å². The first-order chi connectivity index (χ1) is 11.9. The van der Waals surface area contributed by atoms with Crippen LogP contribution >= 0.6 is 0 Å². The minimum absolute atomic E-state index is 0.0536. The maximum atomic E-state index is 12.9. The molecular weight excluding hydrogens is 338 g/mol. The summed E-state index contributed by atoms with van der Waals surface area (Å²) in [6.45, 7) is 6.56. The molecule has 0 aromatic carbocycles. The van der Waals surface area contributed by atoms with Gasteiger partial charge in [-0.05, 0) is 43.2 Å². The van der Waals surface area contributed by atoms with Gasteiger partial charge in [-0.3, -0.25) is 9.78 Å². The highest BCUT2D eigenvalue weighted by Crippen LogP contribution is 2.34. The minimum atomic E-state index is -3.24. The molecule has 2 atom stereocenters. The van der Waals surface area contributed by atoms with Gasteiger partial charge in [0.2, 0.25) is 10.0 Å². The van der Waals surface area contributed by atoms with E-state index in [1.165, 1.54) is 0 Å². The lowest BCUT2D eigenvalue weighted by atomic mass is 10.0. The van der Waals surface area contributed by atoms with Gasteiger partial charge in [-0.15, -0.1) is 0 Å². The summed E-state index contributed by atoms with van der Waals surface area (Å²) in [4.78, 5) is 18.4. The Hall–Kier alpha value is -1.47. The Balaban J connectivity index is 1.67. The van der Waals surface area contributed by atoms with Gasteiger partial charge in [0, 0.05) is 38.6 Å². The molecule has 2 aliphatic heterocycles. The standard InChI is InChI=1S/C18H27N3O3S/c1-14(2)5-11-21-13-16-6-9-20(10-7-17(16)25(21,23)24)18(22)15-4-3-8-19-12-15/h3-4,8,12,14,16-17H,5-7,9-11,13H2,1-2H3/t16-,17-/m1/s1. The normalized spacial score (nSPS) is 26.4. The number of likely N-dealkylation sites (tertiary alicyclic amines) is 1. The lowest BCUT2D eigenvalue weighted by Gasteiger charge is -2.22. The number of amides is 1. The van der Waals surface area contributed by atoms with Crippen LogP contribution in [0.25, 0.3) is 0 Å². The number of rotatable bonds is 4. The summed E-state index contributed by atoms with van der Waals surface area (Å²) in [6.07, 6.45) is 5.37. The smallest absolute Gasteiger partial charge is 0.255 e. The summed E-state index contributed by atoms with van der Waals surface area (Å²) < 4.78 is 27.4. The Morgan fingerprint density at radius 3 is 2.76 bits per heavy atom. The maximum Gasteiger partial charge on any atom is 0.255 e. The van der Waals surface area contributed by atoms with E-state index in [0.717, 1.165) is 12.8 Å². The molecule has 1 aromatic rings. The zero-order valence-electron chi connectivity index (χ0n) is 15.0. The van der Waals surface area contributed by atoms with Crippen LogP contribution < -0.4 is 0 Å². The van der Waals surface area contributed by atoms with Gasteiger partial charge in [-0.2, -0.15) is 0 Å². The fourth-order valence-electron chi connectivity index (χ4n) is 3.79. The fraction of sp³-hybridized carbons (Fsp3) is 0.667. The number of hydrogen-bond acceptors (Lipinski definition) is 4. The van der Waals surface area contributed by atoms with Gasteiger partial charge in [0.15, 0.2) is 0 Å². The molecule has 0 aliphatic carbocycles. The van der Waals surface area contributed by atoms with Crippen LogP contribution in [0.2, 0.25) is 0 Å². The Kier molecular flexibility index (Phi) is 5.43. The van der Waals surface area contributed by atoms with E-state index in [1.54, 1.807) is 33.7 Å². The summed E-state index contributed by atoms with van der Waals surface area (Å²) >= 11 is 0. The fourth-order valence-corrected chi connectivity index (χ4v) is 6.05. The molecule has 138 valence electrons. The molecule has 2 saturated heterocycles. The topological polar surface area (TPSA) is 70.6 Å². The number of carbonyl (C=O) groups excluding carboxylic acids is 1. The zero-order chi connectivity index (χ0) is 18.0. The third-order valence-electron chi connectivity index (χ3n) is 5.31. The van der Waals surface area contributed by atoms with Crippen molar-refractivity contribution in [2.24, 2.45) is 11.8 Å². The van der Waals surface area contributed by atoms with Crippen LogP contribution in [0.1, 0.15) is 43.5 Å². The van der Waals surface area contributed by atoms with Crippen LogP contribution in [-0.4, -0.2) is 59.9 Å². The first-order valence-corrected chi connectivity index (χ1v) is 10.6. The molecule has 1 aromatic heterocycles. The number of fused-ring (bicyclic) bond motifs is 1. The predicted octanol–water partition coefficient (Wildman–Crippen LogP) is 1.99. The van der Waals surface area contributed by atoms with E-state index in [9.17, 15) is 13.2 Å². The molecule has 7 heteroatoms. The van der Waals surface area contributed by atoms with Crippen LogP contribution in [-0.2, 0) is 10.0 Å². The van der Waals surface area contributed by atoms with Crippen LogP contribution in [0.5, 0.6) is 0 Å². The monoisotopic (exact) mass is 365 g/mol. The van der Waals surface area contributed by atoms with E-state index in [4.69, 9.17) is 0 Å². The summed E-state index contributed by atoms with van der Waals surface area (Å²) in [5.74, 6) is 0.569. The highest BCUT2D eigenvalue weighted by molar-refractivity contribution is 7.90. The first kappa shape index (κ1) is 18.3.